The van der Waals surface area contributed by atoms with Gasteiger partial charge in [0.25, 0.3) is 11.8 Å². The van der Waals surface area contributed by atoms with Crippen LogP contribution in [0.3, 0.4) is 0 Å². The summed E-state index contributed by atoms with van der Waals surface area (Å²) >= 11 is 6.02. The van der Waals surface area contributed by atoms with Crippen molar-refractivity contribution in [3.05, 3.63) is 70.9 Å². The van der Waals surface area contributed by atoms with Gasteiger partial charge in [-0.2, -0.15) is 0 Å². The number of hydrogen-bond donors (Lipinski definition) is 3. The predicted octanol–water partition coefficient (Wildman–Crippen LogP) is 3.00. The molecule has 0 bridgehead atoms. The number of carbonyl (C=O) groups excluding carboxylic acids is 2. The van der Waals surface area contributed by atoms with Crippen molar-refractivity contribution in [1.29, 1.82) is 0 Å². The number of carboxylic acids is 1. The van der Waals surface area contributed by atoms with Gasteiger partial charge in [-0.1, -0.05) is 41.9 Å². The number of halogens is 1. The number of aromatic nitrogens is 1. The van der Waals surface area contributed by atoms with Gasteiger partial charge in [0.15, 0.2) is 0 Å². The molecule has 2 aromatic carbocycles. The second-order valence-electron chi connectivity index (χ2n) is 7.35. The van der Waals surface area contributed by atoms with E-state index < -0.39 is 30.1 Å². The molecule has 1 heterocycles. The first-order valence-corrected chi connectivity index (χ1v) is 10.4. The molecule has 3 aromatic rings. The number of aromatic amines is 1. The maximum atomic E-state index is 13.3. The molecule has 0 radical (unpaired) electrons. The van der Waals surface area contributed by atoms with E-state index >= 15 is 0 Å². The number of hydrogen-bond acceptors (Lipinski definition) is 5. The average Bonchev–Trinajstić information content (AvgIpc) is 3.24. The largest absolute Gasteiger partial charge is 0.480 e. The number of benzene rings is 2. The molecule has 0 fully saturated rings. The van der Waals surface area contributed by atoms with Crippen LogP contribution >= 0.6 is 11.6 Å². The van der Waals surface area contributed by atoms with Crippen LogP contribution in [0.4, 0.5) is 0 Å². The summed E-state index contributed by atoms with van der Waals surface area (Å²) in [7, 11) is 2.63. The Balaban J connectivity index is 1.96. The number of carbonyl (C=O) groups is 3. The van der Waals surface area contributed by atoms with Crippen LogP contribution in [-0.4, -0.2) is 59.4 Å². The van der Waals surface area contributed by atoms with E-state index in [0.717, 1.165) is 10.6 Å². The zero-order chi connectivity index (χ0) is 24.0. The Bertz CT molecular complexity index is 1150. The van der Waals surface area contributed by atoms with E-state index in [9.17, 15) is 19.5 Å². The van der Waals surface area contributed by atoms with Gasteiger partial charge in [-0.15, -0.1) is 0 Å². The van der Waals surface area contributed by atoms with Crippen LogP contribution in [0.25, 0.3) is 10.9 Å². The third-order valence-electron chi connectivity index (χ3n) is 5.10. The monoisotopic (exact) mass is 473 g/mol. The average molecular weight is 474 g/mol. The molecule has 0 spiro atoms. The van der Waals surface area contributed by atoms with Gasteiger partial charge < -0.3 is 20.1 Å². The molecule has 0 aliphatic rings. The van der Waals surface area contributed by atoms with Crippen molar-refractivity contribution in [2.24, 2.45) is 0 Å². The Hall–Kier alpha value is -3.40. The van der Waals surface area contributed by atoms with Crippen molar-refractivity contribution in [3.8, 4) is 0 Å². The Morgan fingerprint density at radius 2 is 1.88 bits per heavy atom. The topological polar surface area (TPSA) is 121 Å². The summed E-state index contributed by atoms with van der Waals surface area (Å²) in [5, 5.41) is 13.9. The van der Waals surface area contributed by atoms with E-state index in [4.69, 9.17) is 21.2 Å². The molecule has 0 saturated heterocycles. The number of rotatable bonds is 10. The number of ether oxygens (including phenoxy) is 1. The van der Waals surface area contributed by atoms with Crippen LogP contribution in [0.1, 0.15) is 22.5 Å². The molecule has 174 valence electrons. The van der Waals surface area contributed by atoms with Crippen LogP contribution in [0.15, 0.2) is 54.6 Å². The Morgan fingerprint density at radius 3 is 2.55 bits per heavy atom. The van der Waals surface area contributed by atoms with Crippen molar-refractivity contribution >= 4 is 40.3 Å². The van der Waals surface area contributed by atoms with Gasteiger partial charge in [0, 0.05) is 29.4 Å². The highest BCUT2D eigenvalue weighted by molar-refractivity contribution is 6.31. The normalized spacial score (nSPS) is 12.8. The first-order chi connectivity index (χ1) is 15.7. The van der Waals surface area contributed by atoms with E-state index in [0.29, 0.717) is 22.3 Å². The van der Waals surface area contributed by atoms with Gasteiger partial charge in [-0.3, -0.25) is 14.4 Å². The molecular weight excluding hydrogens is 450 g/mol. The maximum absolute atomic E-state index is 13.3. The lowest BCUT2D eigenvalue weighted by molar-refractivity contribution is -0.200. The van der Waals surface area contributed by atoms with Crippen molar-refractivity contribution in [2.45, 2.75) is 18.6 Å². The molecule has 33 heavy (non-hydrogen) atoms. The maximum Gasteiger partial charge on any atom is 0.329 e. The van der Waals surface area contributed by atoms with Crippen molar-refractivity contribution in [3.63, 3.8) is 0 Å². The van der Waals surface area contributed by atoms with Crippen LogP contribution in [0.2, 0.25) is 5.02 Å². The Morgan fingerprint density at radius 1 is 1.15 bits per heavy atom. The smallest absolute Gasteiger partial charge is 0.329 e. The minimum atomic E-state index is -2.00. The third-order valence-corrected chi connectivity index (χ3v) is 5.33. The van der Waals surface area contributed by atoms with Gasteiger partial charge in [-0.05, 0) is 36.2 Å². The van der Waals surface area contributed by atoms with Gasteiger partial charge in [0.2, 0.25) is 5.72 Å². The standard InChI is InChI=1S/C23H24ClN3O6/c1-27(32-2)22(31)23(33-14-20(28)29,11-10-15-6-4-3-5-7-15)26-21(30)19-13-16-12-17(24)8-9-18(16)25-19/h3-9,12-13,25H,10-11,14H2,1-2H3,(H,26,30)(H,28,29). The van der Waals surface area contributed by atoms with Crippen molar-refractivity contribution in [2.75, 3.05) is 20.8 Å². The van der Waals surface area contributed by atoms with Crippen molar-refractivity contribution < 1.29 is 29.1 Å². The molecule has 10 heteroatoms. The summed E-state index contributed by atoms with van der Waals surface area (Å²) in [4.78, 5) is 45.7. The summed E-state index contributed by atoms with van der Waals surface area (Å²) < 4.78 is 5.55. The highest BCUT2D eigenvalue weighted by atomic mass is 35.5. The number of nitrogens with zero attached hydrogens (tertiary/aromatic N) is 1. The SMILES string of the molecule is CON(C)C(=O)C(CCc1ccccc1)(NC(=O)c1cc2cc(Cl)ccc2[nH]1)OCC(=O)O. The number of aryl methyl sites for hydroxylation is 1. The number of likely N-dealkylation sites (N-methyl/N-ethyl adjacent to an activating group) is 1. The van der Waals surface area contributed by atoms with E-state index in [1.165, 1.54) is 14.2 Å². The number of amides is 2. The molecule has 0 saturated carbocycles. The first-order valence-electron chi connectivity index (χ1n) is 10.1. The summed E-state index contributed by atoms with van der Waals surface area (Å²) in [6.07, 6.45) is 0.293. The third kappa shape index (κ3) is 5.89. The van der Waals surface area contributed by atoms with Gasteiger partial charge in [0.1, 0.15) is 12.3 Å². The number of nitrogens with one attached hydrogen (secondary N) is 2. The molecule has 1 unspecified atom stereocenters. The van der Waals surface area contributed by atoms with Gasteiger partial charge in [-0.25, -0.2) is 9.86 Å². The van der Waals surface area contributed by atoms with Crippen LogP contribution in [-0.2, 0) is 25.6 Å². The van der Waals surface area contributed by atoms with Crippen molar-refractivity contribution in [1.82, 2.24) is 15.4 Å². The molecule has 0 aliphatic carbocycles. The fourth-order valence-corrected chi connectivity index (χ4v) is 3.54. The number of aliphatic carboxylic acids is 1. The summed E-state index contributed by atoms with van der Waals surface area (Å²) in [6, 6.07) is 15.9. The minimum absolute atomic E-state index is 0.0331. The van der Waals surface area contributed by atoms with E-state index in [2.05, 4.69) is 10.3 Å². The lowest BCUT2D eigenvalue weighted by atomic mass is 10.0. The fraction of sp³-hybridized carbons (Fsp3) is 0.261. The van der Waals surface area contributed by atoms with Crippen LogP contribution in [0.5, 0.6) is 0 Å². The lowest BCUT2D eigenvalue weighted by Gasteiger charge is -2.35. The highest BCUT2D eigenvalue weighted by Crippen LogP contribution is 2.23. The summed E-state index contributed by atoms with van der Waals surface area (Å²) in [6.45, 7) is -0.805. The number of fused-ring (bicyclic) bond motifs is 1. The zero-order valence-electron chi connectivity index (χ0n) is 18.1. The Kier molecular flexibility index (Phi) is 7.70. The lowest BCUT2D eigenvalue weighted by Crippen LogP contribution is -2.61. The zero-order valence-corrected chi connectivity index (χ0v) is 18.9. The molecular formula is C23H24ClN3O6. The first kappa shape index (κ1) is 24.2. The number of carboxylic acid groups (broad SMARTS) is 1. The van der Waals surface area contributed by atoms with Gasteiger partial charge in [0.05, 0.1) is 7.11 Å². The number of hydroxylamine groups is 2. The molecule has 9 nitrogen and oxygen atoms in total. The second kappa shape index (κ2) is 10.5. The summed E-state index contributed by atoms with van der Waals surface area (Å²) in [5.41, 5.74) is -0.289. The molecule has 1 atom stereocenters. The predicted molar refractivity (Wildman–Crippen MR) is 122 cm³/mol. The van der Waals surface area contributed by atoms with E-state index in [1.54, 1.807) is 24.3 Å². The minimum Gasteiger partial charge on any atom is -0.480 e. The van der Waals surface area contributed by atoms with Crippen LogP contribution < -0.4 is 5.32 Å². The van der Waals surface area contributed by atoms with E-state index in [1.807, 2.05) is 30.3 Å². The molecule has 3 N–H and O–H groups in total. The second-order valence-corrected chi connectivity index (χ2v) is 7.79. The quantitative estimate of drug-likeness (QED) is 0.307. The molecule has 3 rings (SSSR count). The molecule has 2 amide bonds. The Labute approximate surface area is 195 Å². The molecule has 0 aliphatic heterocycles. The number of H-pyrrole nitrogens is 1. The summed E-state index contributed by atoms with van der Waals surface area (Å²) in [5.74, 6) is -2.70. The highest BCUT2D eigenvalue weighted by Gasteiger charge is 2.44. The molecule has 1 aromatic heterocycles. The fourth-order valence-electron chi connectivity index (χ4n) is 3.36. The van der Waals surface area contributed by atoms with Gasteiger partial charge >= 0.3 is 5.97 Å². The van der Waals surface area contributed by atoms with Crippen LogP contribution in [0, 0.1) is 0 Å². The van der Waals surface area contributed by atoms with E-state index in [-0.39, 0.29) is 12.1 Å².